The molecule has 0 saturated heterocycles. The number of benzene rings is 1. The summed E-state index contributed by atoms with van der Waals surface area (Å²) >= 11 is 4.03. The van der Waals surface area contributed by atoms with E-state index in [1.165, 1.54) is 41.8 Å². The van der Waals surface area contributed by atoms with Crippen LogP contribution < -0.4 is 22.1 Å². The summed E-state index contributed by atoms with van der Waals surface area (Å²) in [5, 5.41) is 44.6. The number of amides is 4. The van der Waals surface area contributed by atoms with Gasteiger partial charge in [-0.3, -0.25) is 19.2 Å². The number of rotatable bonds is 20. The predicted molar refractivity (Wildman–Crippen MR) is 185 cm³/mol. The van der Waals surface area contributed by atoms with Crippen LogP contribution in [-0.2, 0) is 14.4 Å². The number of halogens is 2. The molecule has 1 aromatic carbocycles. The van der Waals surface area contributed by atoms with E-state index >= 15 is 0 Å². The van der Waals surface area contributed by atoms with Crippen molar-refractivity contribution in [3.63, 3.8) is 0 Å². The van der Waals surface area contributed by atoms with Gasteiger partial charge in [-0.2, -0.15) is 12.6 Å². The molecule has 1 rings (SSSR count). The number of phenolic OH excluding ortho intramolecular Hbond substituents is 2. The number of aliphatic hydroxyl groups excluding tert-OH is 2. The third-order valence-corrected chi connectivity index (χ3v) is 6.98. The van der Waals surface area contributed by atoms with Crippen LogP contribution in [0, 0.1) is 0 Å². The van der Waals surface area contributed by atoms with Crippen LogP contribution in [0.3, 0.4) is 0 Å². The van der Waals surface area contributed by atoms with Gasteiger partial charge in [-0.1, -0.05) is 6.07 Å². The largest absolute Gasteiger partial charge is 0.504 e. The normalized spacial score (nSPS) is 13.2. The van der Waals surface area contributed by atoms with Crippen molar-refractivity contribution in [2.75, 3.05) is 45.0 Å². The highest BCUT2D eigenvalue weighted by atomic mass is 79.9. The number of unbranched alkanes of at least 4 members (excludes halogenated alkanes) is 1. The van der Waals surface area contributed by atoms with Gasteiger partial charge in [-0.05, 0) is 57.4 Å². The molecule has 17 heteroatoms. The number of nitrogens with zero attached hydrogens (tertiary/aromatic N) is 2. The lowest BCUT2D eigenvalue weighted by Crippen LogP contribution is -2.51. The zero-order valence-electron chi connectivity index (χ0n) is 25.8. The molecule has 0 aliphatic rings. The Morgan fingerprint density at radius 1 is 0.800 bits per heavy atom. The van der Waals surface area contributed by atoms with Crippen LogP contribution in [0.1, 0.15) is 56.3 Å². The Balaban J connectivity index is 0. The van der Waals surface area contributed by atoms with E-state index in [-0.39, 0.29) is 71.6 Å². The zero-order chi connectivity index (χ0) is 32.5. The van der Waals surface area contributed by atoms with E-state index in [2.05, 4.69) is 23.3 Å². The fraction of sp³-hybridized carbons (Fsp3) is 0.643. The molecule has 0 heterocycles. The zero-order valence-corrected chi connectivity index (χ0v) is 30.1. The van der Waals surface area contributed by atoms with Crippen LogP contribution in [0.4, 0.5) is 0 Å². The molecule has 0 bridgehead atoms. The number of nitrogens with one attached hydrogen (secondary N) is 2. The number of phenols is 2. The lowest BCUT2D eigenvalue weighted by Gasteiger charge is -2.30. The summed E-state index contributed by atoms with van der Waals surface area (Å²) in [4.78, 5) is 52.9. The number of aromatic hydroxyl groups is 2. The molecule has 0 aliphatic carbocycles. The van der Waals surface area contributed by atoms with Crippen LogP contribution in [0.5, 0.6) is 11.5 Å². The lowest BCUT2D eigenvalue weighted by molar-refractivity contribution is -0.135. The van der Waals surface area contributed by atoms with Crippen LogP contribution in [0.25, 0.3) is 0 Å². The SMILES string of the molecule is Br.Br.C[C@@H](O)[C@H](N)C(=O)N(CCCCNC(=O)CCS)CCCN(CCCNC(=O)c1cccc(O)c1O)C(=O)[C@@H](N)[C@@H](C)O. The summed E-state index contributed by atoms with van der Waals surface area (Å²) < 4.78 is 0. The monoisotopic (exact) mass is 788 g/mol. The van der Waals surface area contributed by atoms with Crippen molar-refractivity contribution in [1.29, 1.82) is 0 Å². The molecule has 45 heavy (non-hydrogen) atoms. The Hall–Kier alpha value is -2.15. The molecule has 0 aromatic heterocycles. The number of hydrogen-bond donors (Lipinski definition) is 9. The van der Waals surface area contributed by atoms with Crippen molar-refractivity contribution in [2.45, 2.75) is 70.2 Å². The van der Waals surface area contributed by atoms with Gasteiger partial charge < -0.3 is 52.3 Å². The highest BCUT2D eigenvalue weighted by molar-refractivity contribution is 8.93. The molecule has 4 atom stereocenters. The minimum absolute atomic E-state index is 0. The summed E-state index contributed by atoms with van der Waals surface area (Å²) in [7, 11) is 0. The van der Waals surface area contributed by atoms with Crippen LogP contribution >= 0.6 is 46.6 Å². The van der Waals surface area contributed by atoms with E-state index in [9.17, 15) is 39.6 Å². The molecule has 260 valence electrons. The average molecular weight is 791 g/mol. The third-order valence-electron chi connectivity index (χ3n) is 6.75. The second kappa shape index (κ2) is 24.1. The van der Waals surface area contributed by atoms with E-state index < -0.39 is 53.5 Å². The van der Waals surface area contributed by atoms with Crippen LogP contribution in [-0.4, -0.2) is 123 Å². The Kier molecular flexibility index (Phi) is 24.1. The Morgan fingerprint density at radius 2 is 1.29 bits per heavy atom. The van der Waals surface area contributed by atoms with Gasteiger partial charge >= 0.3 is 0 Å². The van der Waals surface area contributed by atoms with Crippen molar-refractivity contribution in [3.8, 4) is 11.5 Å². The molecular weight excluding hydrogens is 740 g/mol. The minimum Gasteiger partial charge on any atom is -0.504 e. The molecule has 14 nitrogen and oxygen atoms in total. The highest BCUT2D eigenvalue weighted by Gasteiger charge is 2.27. The van der Waals surface area contributed by atoms with Crippen molar-refractivity contribution < 1.29 is 39.6 Å². The predicted octanol–water partition coefficient (Wildman–Crippen LogP) is 0.0533. The molecule has 0 spiro atoms. The van der Waals surface area contributed by atoms with E-state index in [0.29, 0.717) is 50.9 Å². The van der Waals surface area contributed by atoms with Gasteiger partial charge in [-0.15, -0.1) is 34.0 Å². The summed E-state index contributed by atoms with van der Waals surface area (Å²) in [6.07, 6.45) is 0.0124. The van der Waals surface area contributed by atoms with Crippen LogP contribution in [0.15, 0.2) is 18.2 Å². The number of carbonyl (C=O) groups excluding carboxylic acids is 4. The molecule has 0 saturated carbocycles. The number of hydrogen-bond acceptors (Lipinski definition) is 11. The highest BCUT2D eigenvalue weighted by Crippen LogP contribution is 2.27. The fourth-order valence-electron chi connectivity index (χ4n) is 4.08. The van der Waals surface area contributed by atoms with Gasteiger partial charge in [0.2, 0.25) is 17.7 Å². The number of aliphatic hydroxyl groups is 2. The maximum atomic E-state index is 13.0. The van der Waals surface area contributed by atoms with Crippen molar-refractivity contribution in [3.05, 3.63) is 23.8 Å². The second-order valence-electron chi connectivity index (χ2n) is 10.4. The maximum Gasteiger partial charge on any atom is 0.255 e. The standard InChI is InChI=1S/C28H48N6O8S.2BrH/c1-18(35)23(29)27(41)33(13-4-3-11-31-22(38)10-17-43)15-7-16-34(28(42)24(30)19(2)36)14-6-12-32-26(40)20-8-5-9-21(37)25(20)39;;/h5,8-9,18-19,23-24,35-37,39,43H,3-4,6-7,10-17,29-30H2,1-2H3,(H,31,38)(H,32,40);2*1H/t18-,19-,23+,24+;;/m1../s1. The van der Waals surface area contributed by atoms with Gasteiger partial charge in [0, 0.05) is 45.7 Å². The number of thiol groups is 1. The maximum absolute atomic E-state index is 13.0. The van der Waals surface area contributed by atoms with E-state index in [1.54, 1.807) is 0 Å². The average Bonchev–Trinajstić information content (AvgIpc) is 2.96. The summed E-state index contributed by atoms with van der Waals surface area (Å²) in [5.74, 6) is -2.14. The Bertz CT molecular complexity index is 1060. The first-order chi connectivity index (χ1) is 20.3. The molecule has 0 unspecified atom stereocenters. The summed E-state index contributed by atoms with van der Waals surface area (Å²) in [5.41, 5.74) is 11.7. The van der Waals surface area contributed by atoms with Crippen molar-refractivity contribution in [2.24, 2.45) is 11.5 Å². The Labute approximate surface area is 291 Å². The van der Waals surface area contributed by atoms with Gasteiger partial charge in [0.15, 0.2) is 11.5 Å². The van der Waals surface area contributed by atoms with Gasteiger partial charge in [0.25, 0.3) is 5.91 Å². The molecule has 4 amide bonds. The minimum atomic E-state index is -1.17. The van der Waals surface area contributed by atoms with Gasteiger partial charge in [0.1, 0.15) is 12.1 Å². The summed E-state index contributed by atoms with van der Waals surface area (Å²) in [6.45, 7) is 4.34. The first kappa shape index (κ1) is 45.0. The second-order valence-corrected chi connectivity index (χ2v) is 10.8. The topological polar surface area (TPSA) is 232 Å². The quantitative estimate of drug-likeness (QED) is 0.0490. The fourth-order valence-corrected chi connectivity index (χ4v) is 4.28. The molecule has 1 aromatic rings. The molecule has 0 aliphatic heterocycles. The van der Waals surface area contributed by atoms with Crippen molar-refractivity contribution in [1.82, 2.24) is 20.4 Å². The van der Waals surface area contributed by atoms with Crippen LogP contribution in [0.2, 0.25) is 0 Å². The smallest absolute Gasteiger partial charge is 0.255 e. The first-order valence-electron chi connectivity index (χ1n) is 14.4. The van der Waals surface area contributed by atoms with E-state index in [1.807, 2.05) is 0 Å². The van der Waals surface area contributed by atoms with E-state index in [0.717, 1.165) is 0 Å². The Morgan fingerprint density at radius 3 is 1.80 bits per heavy atom. The first-order valence-corrected chi connectivity index (χ1v) is 15.1. The molecule has 0 fully saturated rings. The third kappa shape index (κ3) is 16.3. The molecule has 0 radical (unpaired) electrons. The number of para-hydroxylation sites is 1. The number of nitrogens with two attached hydrogens (primary N) is 2. The van der Waals surface area contributed by atoms with Gasteiger partial charge in [0.05, 0.1) is 17.8 Å². The van der Waals surface area contributed by atoms with Crippen molar-refractivity contribution >= 4 is 70.2 Å². The molecular formula is C28H50Br2N6O8S. The van der Waals surface area contributed by atoms with E-state index in [4.69, 9.17) is 11.5 Å². The summed E-state index contributed by atoms with van der Waals surface area (Å²) in [6, 6.07) is 1.74. The molecule has 10 N–H and O–H groups in total. The van der Waals surface area contributed by atoms with Gasteiger partial charge in [-0.25, -0.2) is 0 Å². The lowest BCUT2D eigenvalue weighted by atomic mass is 10.1. The number of carbonyl (C=O) groups is 4.